The van der Waals surface area contributed by atoms with Crippen molar-refractivity contribution in [2.45, 2.75) is 35.6 Å². The highest BCUT2D eigenvalue weighted by molar-refractivity contribution is 5.90. The van der Waals surface area contributed by atoms with Crippen molar-refractivity contribution >= 4 is 5.97 Å². The van der Waals surface area contributed by atoms with Gasteiger partial charge in [-0.2, -0.15) is 0 Å². The van der Waals surface area contributed by atoms with Gasteiger partial charge in [-0.3, -0.25) is 0 Å². The van der Waals surface area contributed by atoms with Gasteiger partial charge in [0.15, 0.2) is 11.4 Å². The molecule has 0 aromatic carbocycles. The molecule has 2 aliphatic rings. The first-order valence-corrected chi connectivity index (χ1v) is 6.64. The summed E-state index contributed by atoms with van der Waals surface area (Å²) in [5.41, 5.74) is -5.34. The smallest absolute Gasteiger partial charge is 0.378 e. The van der Waals surface area contributed by atoms with E-state index in [-0.39, 0.29) is 0 Å². The number of hydrogen-bond acceptors (Lipinski definition) is 11. The van der Waals surface area contributed by atoms with Gasteiger partial charge in [0.25, 0.3) is 0 Å². The van der Waals surface area contributed by atoms with Gasteiger partial charge >= 0.3 is 5.97 Å². The van der Waals surface area contributed by atoms with Crippen molar-refractivity contribution in [3.05, 3.63) is 11.5 Å². The second-order valence-electron chi connectivity index (χ2n) is 5.34. The molecule has 2 rings (SSSR count). The molecule has 0 radical (unpaired) electrons. The van der Waals surface area contributed by atoms with E-state index in [9.17, 15) is 40.5 Å². The van der Waals surface area contributed by atoms with Crippen LogP contribution in [0.4, 0.5) is 0 Å². The van der Waals surface area contributed by atoms with Crippen LogP contribution in [0.15, 0.2) is 11.5 Å². The van der Waals surface area contributed by atoms with Crippen LogP contribution in [0.1, 0.15) is 0 Å². The second-order valence-corrected chi connectivity index (χ2v) is 5.34. The number of carbonyl (C=O) groups is 1. The zero-order chi connectivity index (χ0) is 17.6. The summed E-state index contributed by atoms with van der Waals surface area (Å²) in [5.74, 6) is -4.11. The fourth-order valence-corrected chi connectivity index (χ4v) is 3.03. The Bertz CT molecular complexity index is 519. The highest BCUT2D eigenvalue weighted by atomic mass is 16.6. The molecule has 0 spiro atoms. The first-order valence-electron chi connectivity index (χ1n) is 6.64. The molecule has 0 aromatic rings. The largest absolute Gasteiger partial charge is 0.505 e. The number of esters is 1. The predicted molar refractivity (Wildman–Crippen MR) is 68.0 cm³/mol. The Kier molecular flexibility index (Phi) is 4.56. The van der Waals surface area contributed by atoms with E-state index in [0.29, 0.717) is 0 Å². The lowest BCUT2D eigenvalue weighted by Crippen LogP contribution is -2.70. The van der Waals surface area contributed by atoms with E-state index < -0.39 is 72.9 Å². The van der Waals surface area contributed by atoms with Crippen LogP contribution in [-0.4, -0.2) is 102 Å². The third-order valence-corrected chi connectivity index (χ3v) is 4.25. The fourth-order valence-electron chi connectivity index (χ4n) is 3.03. The molecule has 132 valence electrons. The second kappa shape index (κ2) is 5.87. The van der Waals surface area contributed by atoms with Crippen molar-refractivity contribution in [1.29, 1.82) is 0 Å². The summed E-state index contributed by atoms with van der Waals surface area (Å²) in [6.07, 6.45) is -7.41. The molecule has 0 aromatic heterocycles. The van der Waals surface area contributed by atoms with Crippen molar-refractivity contribution in [2.75, 3.05) is 19.8 Å². The zero-order valence-corrected chi connectivity index (χ0v) is 11.7. The fraction of sp³-hybridized carbons (Fsp3) is 0.750. The molecule has 8 N–H and O–H groups in total. The van der Waals surface area contributed by atoms with Gasteiger partial charge in [0.2, 0.25) is 11.4 Å². The van der Waals surface area contributed by atoms with Crippen molar-refractivity contribution in [3.63, 3.8) is 0 Å². The Labute approximate surface area is 129 Å². The molecule has 2 heterocycles. The number of aliphatic hydroxyl groups is 8. The lowest BCUT2D eigenvalue weighted by Gasteiger charge is -2.46. The molecule has 1 unspecified atom stereocenters. The van der Waals surface area contributed by atoms with Gasteiger partial charge < -0.3 is 50.3 Å². The minimum Gasteiger partial charge on any atom is -0.505 e. The average Bonchev–Trinajstić information content (AvgIpc) is 2.95. The average molecular weight is 338 g/mol. The zero-order valence-electron chi connectivity index (χ0n) is 11.7. The summed E-state index contributed by atoms with van der Waals surface area (Å²) >= 11 is 0. The summed E-state index contributed by atoms with van der Waals surface area (Å²) in [5, 5.41) is 77.8. The predicted octanol–water partition coefficient (Wildman–Crippen LogP) is -4.19. The molecule has 11 heteroatoms. The molecule has 2 aliphatic heterocycles. The van der Waals surface area contributed by atoms with Crippen LogP contribution in [0.25, 0.3) is 0 Å². The van der Waals surface area contributed by atoms with E-state index in [4.69, 9.17) is 14.6 Å². The van der Waals surface area contributed by atoms with E-state index in [1.54, 1.807) is 0 Å². The van der Waals surface area contributed by atoms with E-state index >= 15 is 0 Å². The van der Waals surface area contributed by atoms with Crippen molar-refractivity contribution in [1.82, 2.24) is 0 Å². The Morgan fingerprint density at radius 1 is 1.17 bits per heavy atom. The summed E-state index contributed by atoms with van der Waals surface area (Å²) < 4.78 is 9.95. The van der Waals surface area contributed by atoms with Crippen LogP contribution >= 0.6 is 0 Å². The molecular formula is C12H18O11. The van der Waals surface area contributed by atoms with Crippen molar-refractivity contribution in [2.24, 2.45) is 0 Å². The summed E-state index contributed by atoms with van der Waals surface area (Å²) in [4.78, 5) is 11.6. The van der Waals surface area contributed by atoms with Gasteiger partial charge in [0.1, 0.15) is 24.4 Å². The minimum atomic E-state index is -2.79. The summed E-state index contributed by atoms with van der Waals surface area (Å²) in [6.45, 7) is -3.14. The molecule has 11 nitrogen and oxygen atoms in total. The molecular weight excluding hydrogens is 320 g/mol. The molecule has 1 fully saturated rings. The van der Waals surface area contributed by atoms with Crippen LogP contribution in [0.5, 0.6) is 0 Å². The number of ether oxygens (including phenoxy) is 2. The number of aliphatic hydroxyl groups excluding tert-OH is 8. The minimum absolute atomic E-state index is 0.810. The third kappa shape index (κ3) is 2.06. The van der Waals surface area contributed by atoms with Crippen molar-refractivity contribution < 1.29 is 55.1 Å². The van der Waals surface area contributed by atoms with Crippen LogP contribution < -0.4 is 0 Å². The first kappa shape index (κ1) is 17.9. The Hall–Kier alpha value is -1.47. The van der Waals surface area contributed by atoms with Gasteiger partial charge in [-0.25, -0.2) is 4.79 Å². The highest BCUT2D eigenvalue weighted by Gasteiger charge is 2.74. The van der Waals surface area contributed by atoms with Gasteiger partial charge in [0.05, 0.1) is 19.8 Å². The van der Waals surface area contributed by atoms with Gasteiger partial charge in [-0.05, 0) is 0 Å². The van der Waals surface area contributed by atoms with Crippen molar-refractivity contribution in [3.8, 4) is 0 Å². The molecule has 23 heavy (non-hydrogen) atoms. The molecule has 1 saturated heterocycles. The lowest BCUT2D eigenvalue weighted by atomic mass is 9.74. The van der Waals surface area contributed by atoms with Gasteiger partial charge in [-0.1, -0.05) is 0 Å². The van der Waals surface area contributed by atoms with E-state index in [2.05, 4.69) is 0 Å². The van der Waals surface area contributed by atoms with Gasteiger partial charge in [-0.15, -0.1) is 0 Å². The first-order chi connectivity index (χ1) is 10.7. The Morgan fingerprint density at radius 3 is 2.13 bits per heavy atom. The standard InChI is InChI=1S/C12H18O11/c13-1-4-6(17)8(19)11(3-15,22-4)12(5(16)2-14)9(20)7(18)10(21)23-12/h4-6,8,13-20H,1-3H2/t4-,5+,6-,8+,11?,12-/m1/s1. The topological polar surface area (TPSA) is 197 Å². The highest BCUT2D eigenvalue weighted by Crippen LogP contribution is 2.49. The summed E-state index contributed by atoms with van der Waals surface area (Å²) in [7, 11) is 0. The quantitative estimate of drug-likeness (QED) is 0.226. The molecule has 0 aliphatic carbocycles. The van der Waals surface area contributed by atoms with E-state index in [1.807, 2.05) is 0 Å². The summed E-state index contributed by atoms with van der Waals surface area (Å²) in [6, 6.07) is 0. The van der Waals surface area contributed by atoms with Crippen LogP contribution in [0, 0.1) is 0 Å². The molecule has 0 saturated carbocycles. The number of cyclic esters (lactones) is 1. The van der Waals surface area contributed by atoms with Crippen LogP contribution in [0.2, 0.25) is 0 Å². The normalized spacial score (nSPS) is 42.2. The SMILES string of the molecule is O=C1O[C@@]([C@@H](O)CO)(C2(CO)O[C@H](CO)[C@@H](O)[C@@H]2O)C(O)=C1O. The maximum Gasteiger partial charge on any atom is 0.378 e. The molecule has 0 amide bonds. The van der Waals surface area contributed by atoms with Crippen LogP contribution in [-0.2, 0) is 14.3 Å². The molecule has 0 bridgehead atoms. The number of rotatable bonds is 5. The maximum absolute atomic E-state index is 11.6. The third-order valence-electron chi connectivity index (χ3n) is 4.25. The molecule has 6 atom stereocenters. The Balaban J connectivity index is 2.67. The number of carbonyl (C=O) groups excluding carboxylic acids is 1. The van der Waals surface area contributed by atoms with E-state index in [1.165, 1.54) is 0 Å². The van der Waals surface area contributed by atoms with Gasteiger partial charge in [0, 0.05) is 0 Å². The number of hydrogen-bond donors (Lipinski definition) is 8. The lowest BCUT2D eigenvalue weighted by molar-refractivity contribution is -0.256. The Morgan fingerprint density at radius 2 is 1.78 bits per heavy atom. The monoisotopic (exact) mass is 338 g/mol. The van der Waals surface area contributed by atoms with E-state index in [0.717, 1.165) is 0 Å². The van der Waals surface area contributed by atoms with Crippen LogP contribution in [0.3, 0.4) is 0 Å². The maximum atomic E-state index is 11.6.